The molecule has 4 nitrogen and oxygen atoms in total. The zero-order valence-electron chi connectivity index (χ0n) is 12.7. The van der Waals surface area contributed by atoms with Gasteiger partial charge in [0.25, 0.3) is 5.91 Å². The van der Waals surface area contributed by atoms with Crippen LogP contribution < -0.4 is 11.3 Å². The Morgan fingerprint density at radius 3 is 2.48 bits per heavy atom. The highest BCUT2D eigenvalue weighted by Crippen LogP contribution is 2.17. The molecule has 0 bridgehead atoms. The second-order valence-corrected chi connectivity index (χ2v) is 5.26. The molecule has 0 heterocycles. The van der Waals surface area contributed by atoms with E-state index in [0.717, 1.165) is 16.8 Å². The second-order valence-electron chi connectivity index (χ2n) is 5.26. The van der Waals surface area contributed by atoms with E-state index in [2.05, 4.69) is 18.4 Å². The standard InChI is InChI=1S/C17H21N3O/c1-12-6-4-5-7-15(12)11-20(3)17(21)14-8-9-16(19-18)13(2)10-14/h4-10,19H,11,18H2,1-3H3. The number of amides is 1. The Morgan fingerprint density at radius 1 is 1.14 bits per heavy atom. The molecule has 0 radical (unpaired) electrons. The van der Waals surface area contributed by atoms with Crippen molar-refractivity contribution in [2.45, 2.75) is 20.4 Å². The summed E-state index contributed by atoms with van der Waals surface area (Å²) in [6.07, 6.45) is 0. The Morgan fingerprint density at radius 2 is 1.86 bits per heavy atom. The average molecular weight is 283 g/mol. The smallest absolute Gasteiger partial charge is 0.253 e. The number of hydrazine groups is 1. The summed E-state index contributed by atoms with van der Waals surface area (Å²) in [6.45, 7) is 4.58. The van der Waals surface area contributed by atoms with Crippen LogP contribution in [0.15, 0.2) is 42.5 Å². The largest absolute Gasteiger partial charge is 0.337 e. The highest BCUT2D eigenvalue weighted by Gasteiger charge is 2.13. The van der Waals surface area contributed by atoms with Gasteiger partial charge in [-0.1, -0.05) is 24.3 Å². The number of rotatable bonds is 4. The summed E-state index contributed by atoms with van der Waals surface area (Å²) in [5.41, 5.74) is 7.41. The molecule has 2 aromatic carbocycles. The van der Waals surface area contributed by atoms with Gasteiger partial charge in [0.1, 0.15) is 0 Å². The number of nitrogen functional groups attached to an aromatic ring is 1. The van der Waals surface area contributed by atoms with Crippen molar-refractivity contribution in [1.29, 1.82) is 0 Å². The third-order valence-corrected chi connectivity index (χ3v) is 3.64. The summed E-state index contributed by atoms with van der Waals surface area (Å²) < 4.78 is 0. The van der Waals surface area contributed by atoms with Crippen molar-refractivity contribution in [3.8, 4) is 0 Å². The van der Waals surface area contributed by atoms with Crippen LogP contribution in [0.3, 0.4) is 0 Å². The van der Waals surface area contributed by atoms with E-state index in [-0.39, 0.29) is 5.91 Å². The van der Waals surface area contributed by atoms with Crippen molar-refractivity contribution in [3.63, 3.8) is 0 Å². The first-order valence-electron chi connectivity index (χ1n) is 6.90. The van der Waals surface area contributed by atoms with E-state index in [1.807, 2.05) is 44.3 Å². The molecule has 0 aliphatic carbocycles. The number of aryl methyl sites for hydroxylation is 2. The molecule has 3 N–H and O–H groups in total. The Kier molecular flexibility index (Phi) is 4.60. The lowest BCUT2D eigenvalue weighted by Crippen LogP contribution is -2.26. The number of nitrogens with one attached hydrogen (secondary N) is 1. The quantitative estimate of drug-likeness (QED) is 0.670. The van der Waals surface area contributed by atoms with Gasteiger partial charge in [0.05, 0.1) is 5.69 Å². The summed E-state index contributed by atoms with van der Waals surface area (Å²) in [5.74, 6) is 5.41. The number of hydrogen-bond donors (Lipinski definition) is 2. The Hall–Kier alpha value is -2.33. The van der Waals surface area contributed by atoms with Crippen molar-refractivity contribution in [2.24, 2.45) is 5.84 Å². The zero-order chi connectivity index (χ0) is 15.4. The molecule has 21 heavy (non-hydrogen) atoms. The molecule has 0 atom stereocenters. The number of carbonyl (C=O) groups excluding carboxylic acids is 1. The SMILES string of the molecule is Cc1ccccc1CN(C)C(=O)c1ccc(NN)c(C)c1. The van der Waals surface area contributed by atoms with E-state index < -0.39 is 0 Å². The fraction of sp³-hybridized carbons (Fsp3) is 0.235. The lowest BCUT2D eigenvalue weighted by Gasteiger charge is -2.19. The van der Waals surface area contributed by atoms with Crippen molar-refractivity contribution < 1.29 is 4.79 Å². The Bertz CT molecular complexity index is 652. The zero-order valence-corrected chi connectivity index (χ0v) is 12.7. The maximum Gasteiger partial charge on any atom is 0.253 e. The molecule has 0 unspecified atom stereocenters. The Labute approximate surface area is 125 Å². The average Bonchev–Trinajstić information content (AvgIpc) is 2.48. The summed E-state index contributed by atoms with van der Waals surface area (Å²) >= 11 is 0. The maximum atomic E-state index is 12.5. The van der Waals surface area contributed by atoms with Gasteiger partial charge < -0.3 is 10.3 Å². The first-order valence-corrected chi connectivity index (χ1v) is 6.90. The van der Waals surface area contributed by atoms with Gasteiger partial charge in [0.2, 0.25) is 0 Å². The molecule has 0 aliphatic rings. The first-order chi connectivity index (χ1) is 10.0. The van der Waals surface area contributed by atoms with Gasteiger partial charge in [0, 0.05) is 19.2 Å². The molecule has 2 rings (SSSR count). The number of carbonyl (C=O) groups is 1. The molecule has 2 aromatic rings. The lowest BCUT2D eigenvalue weighted by atomic mass is 10.1. The van der Waals surface area contributed by atoms with E-state index in [1.54, 1.807) is 11.0 Å². The van der Waals surface area contributed by atoms with Crippen LogP contribution in [0.5, 0.6) is 0 Å². The molecule has 110 valence electrons. The normalized spacial score (nSPS) is 10.3. The summed E-state index contributed by atoms with van der Waals surface area (Å²) in [7, 11) is 1.82. The molecule has 0 spiro atoms. The van der Waals surface area contributed by atoms with E-state index in [4.69, 9.17) is 5.84 Å². The number of benzene rings is 2. The second kappa shape index (κ2) is 6.41. The maximum absolute atomic E-state index is 12.5. The third kappa shape index (κ3) is 3.41. The van der Waals surface area contributed by atoms with Gasteiger partial charge in [0.15, 0.2) is 0 Å². The van der Waals surface area contributed by atoms with Gasteiger partial charge >= 0.3 is 0 Å². The van der Waals surface area contributed by atoms with Crippen LogP contribution in [0.1, 0.15) is 27.0 Å². The highest BCUT2D eigenvalue weighted by atomic mass is 16.2. The first kappa shape index (κ1) is 15.1. The van der Waals surface area contributed by atoms with Crippen LogP contribution >= 0.6 is 0 Å². The predicted molar refractivity (Wildman–Crippen MR) is 86.0 cm³/mol. The van der Waals surface area contributed by atoms with Crippen molar-refractivity contribution in [3.05, 3.63) is 64.7 Å². The molecule has 0 aliphatic heterocycles. The summed E-state index contributed by atoms with van der Waals surface area (Å²) in [4.78, 5) is 14.2. The van der Waals surface area contributed by atoms with Crippen molar-refractivity contribution in [2.75, 3.05) is 12.5 Å². The molecule has 0 saturated carbocycles. The monoisotopic (exact) mass is 283 g/mol. The lowest BCUT2D eigenvalue weighted by molar-refractivity contribution is 0.0785. The van der Waals surface area contributed by atoms with E-state index in [1.165, 1.54) is 5.56 Å². The van der Waals surface area contributed by atoms with Gasteiger partial charge in [-0.2, -0.15) is 0 Å². The van der Waals surface area contributed by atoms with E-state index in [9.17, 15) is 4.79 Å². The van der Waals surface area contributed by atoms with Gasteiger partial charge in [-0.25, -0.2) is 0 Å². The van der Waals surface area contributed by atoms with Crippen LogP contribution in [0.2, 0.25) is 0 Å². The minimum absolute atomic E-state index is 0.00456. The molecular weight excluding hydrogens is 262 g/mol. The van der Waals surface area contributed by atoms with Crippen LogP contribution in [0.25, 0.3) is 0 Å². The van der Waals surface area contributed by atoms with Crippen molar-refractivity contribution in [1.82, 2.24) is 4.90 Å². The van der Waals surface area contributed by atoms with Gasteiger partial charge in [-0.15, -0.1) is 0 Å². The molecule has 0 fully saturated rings. The number of nitrogens with zero attached hydrogens (tertiary/aromatic N) is 1. The fourth-order valence-electron chi connectivity index (χ4n) is 2.29. The summed E-state index contributed by atoms with van der Waals surface area (Å²) in [6, 6.07) is 13.6. The molecular formula is C17H21N3O. The minimum atomic E-state index is 0.00456. The number of hydrogen-bond acceptors (Lipinski definition) is 3. The topological polar surface area (TPSA) is 58.4 Å². The van der Waals surface area contributed by atoms with Crippen LogP contribution in [-0.2, 0) is 6.54 Å². The van der Waals surface area contributed by atoms with Gasteiger partial charge in [-0.05, 0) is 48.7 Å². The minimum Gasteiger partial charge on any atom is -0.337 e. The number of nitrogens with two attached hydrogens (primary N) is 1. The van der Waals surface area contributed by atoms with E-state index in [0.29, 0.717) is 12.1 Å². The molecule has 0 saturated heterocycles. The van der Waals surface area contributed by atoms with E-state index >= 15 is 0 Å². The van der Waals surface area contributed by atoms with Crippen molar-refractivity contribution >= 4 is 11.6 Å². The van der Waals surface area contributed by atoms with Crippen LogP contribution in [0.4, 0.5) is 5.69 Å². The highest BCUT2D eigenvalue weighted by molar-refractivity contribution is 5.94. The van der Waals surface area contributed by atoms with Crippen LogP contribution in [-0.4, -0.2) is 17.9 Å². The Balaban J connectivity index is 2.16. The predicted octanol–water partition coefficient (Wildman–Crippen LogP) is 2.86. The summed E-state index contributed by atoms with van der Waals surface area (Å²) in [5, 5.41) is 0. The number of anilines is 1. The fourth-order valence-corrected chi connectivity index (χ4v) is 2.29. The van der Waals surface area contributed by atoms with Crippen LogP contribution in [0, 0.1) is 13.8 Å². The molecule has 4 heteroatoms. The molecule has 1 amide bonds. The van der Waals surface area contributed by atoms with Gasteiger partial charge in [-0.3, -0.25) is 10.6 Å². The third-order valence-electron chi connectivity index (χ3n) is 3.64. The molecule has 0 aromatic heterocycles.